The molecule has 144 valence electrons. The summed E-state index contributed by atoms with van der Waals surface area (Å²) in [5.41, 5.74) is 0. The molecule has 7 nitrogen and oxygen atoms in total. The average Bonchev–Trinajstić information content (AvgIpc) is 2.85. The molecule has 0 bridgehead atoms. The van der Waals surface area contributed by atoms with Crippen molar-refractivity contribution in [2.75, 3.05) is 26.7 Å². The van der Waals surface area contributed by atoms with E-state index >= 15 is 0 Å². The van der Waals surface area contributed by atoms with Gasteiger partial charge in [-0.05, 0) is 25.7 Å². The number of hydrogen-bond donors (Lipinski definition) is 3. The van der Waals surface area contributed by atoms with Crippen molar-refractivity contribution in [2.45, 2.75) is 37.9 Å². The van der Waals surface area contributed by atoms with Gasteiger partial charge in [-0.3, -0.25) is 14.7 Å². The third-order valence-electron chi connectivity index (χ3n) is 4.32. The minimum absolute atomic E-state index is 0. The molecule has 0 spiro atoms. The van der Waals surface area contributed by atoms with Crippen LogP contribution in [0.4, 0.5) is 18.0 Å². The van der Waals surface area contributed by atoms with Crippen LogP contribution in [-0.2, 0) is 4.79 Å². The number of aliphatic imine (C=N–C) groups is 1. The van der Waals surface area contributed by atoms with Gasteiger partial charge in [0.1, 0.15) is 0 Å². The van der Waals surface area contributed by atoms with E-state index in [4.69, 9.17) is 0 Å². The SMILES string of the molecule is CN=C(NCCN1C(=O)CNC1=O)NC1CCC(C(F)(F)F)CC1.I. The Balaban J connectivity index is 0.00000312. The summed E-state index contributed by atoms with van der Waals surface area (Å²) in [5, 5.41) is 8.49. The molecule has 1 heterocycles. The summed E-state index contributed by atoms with van der Waals surface area (Å²) in [4.78, 5) is 27.9. The molecule has 0 aromatic rings. The first kappa shape index (κ1) is 21.8. The molecule has 11 heteroatoms. The van der Waals surface area contributed by atoms with Crippen LogP contribution in [0.3, 0.4) is 0 Å². The molecule has 2 rings (SSSR count). The first-order chi connectivity index (χ1) is 11.3. The van der Waals surface area contributed by atoms with Crippen molar-refractivity contribution in [1.29, 1.82) is 0 Å². The van der Waals surface area contributed by atoms with Gasteiger partial charge in [0.05, 0.1) is 12.5 Å². The number of hydrogen-bond acceptors (Lipinski definition) is 3. The number of urea groups is 1. The zero-order chi connectivity index (χ0) is 17.7. The van der Waals surface area contributed by atoms with E-state index in [2.05, 4.69) is 20.9 Å². The van der Waals surface area contributed by atoms with Crippen molar-refractivity contribution in [3.8, 4) is 0 Å². The molecular formula is C14H23F3IN5O2. The van der Waals surface area contributed by atoms with Gasteiger partial charge in [0.25, 0.3) is 0 Å². The highest BCUT2D eigenvalue weighted by atomic mass is 127. The third kappa shape index (κ3) is 6.19. The molecular weight excluding hydrogens is 454 g/mol. The summed E-state index contributed by atoms with van der Waals surface area (Å²) in [5.74, 6) is -1.04. The van der Waals surface area contributed by atoms with Crippen molar-refractivity contribution < 1.29 is 22.8 Å². The van der Waals surface area contributed by atoms with Crippen molar-refractivity contribution >= 4 is 41.9 Å². The van der Waals surface area contributed by atoms with E-state index in [0.29, 0.717) is 25.3 Å². The molecule has 0 aromatic carbocycles. The molecule has 25 heavy (non-hydrogen) atoms. The van der Waals surface area contributed by atoms with Crippen molar-refractivity contribution in [2.24, 2.45) is 10.9 Å². The number of nitrogens with one attached hydrogen (secondary N) is 3. The average molecular weight is 477 g/mol. The van der Waals surface area contributed by atoms with Crippen LogP contribution >= 0.6 is 24.0 Å². The Hall–Kier alpha value is -1.27. The normalized spacial score (nSPS) is 24.6. The smallest absolute Gasteiger partial charge is 0.355 e. The molecule has 0 radical (unpaired) electrons. The largest absolute Gasteiger partial charge is 0.391 e. The van der Waals surface area contributed by atoms with Gasteiger partial charge in [-0.2, -0.15) is 13.2 Å². The monoisotopic (exact) mass is 477 g/mol. The minimum Gasteiger partial charge on any atom is -0.355 e. The lowest BCUT2D eigenvalue weighted by molar-refractivity contribution is -0.182. The van der Waals surface area contributed by atoms with E-state index in [0.717, 1.165) is 4.90 Å². The number of imide groups is 1. The van der Waals surface area contributed by atoms with E-state index in [9.17, 15) is 22.8 Å². The fourth-order valence-electron chi connectivity index (χ4n) is 2.92. The molecule has 2 aliphatic rings. The number of rotatable bonds is 4. The molecule has 1 saturated carbocycles. The van der Waals surface area contributed by atoms with Crippen LogP contribution in [-0.4, -0.2) is 61.7 Å². The van der Waals surface area contributed by atoms with Crippen molar-refractivity contribution in [1.82, 2.24) is 20.9 Å². The Morgan fingerprint density at radius 1 is 1.28 bits per heavy atom. The maximum Gasteiger partial charge on any atom is 0.391 e. The van der Waals surface area contributed by atoms with Gasteiger partial charge >= 0.3 is 12.2 Å². The standard InChI is InChI=1S/C14H22F3N5O2.HI/c1-18-12(19-6-7-22-11(23)8-20-13(22)24)21-10-4-2-9(3-5-10)14(15,16)17;/h9-10H,2-8H2,1H3,(H,20,24)(H2,18,19,21);1H. The van der Waals surface area contributed by atoms with Gasteiger partial charge in [0.2, 0.25) is 5.91 Å². The van der Waals surface area contributed by atoms with Crippen molar-refractivity contribution in [3.63, 3.8) is 0 Å². The number of nitrogens with zero attached hydrogens (tertiary/aromatic N) is 2. The van der Waals surface area contributed by atoms with Gasteiger partial charge < -0.3 is 16.0 Å². The van der Waals surface area contributed by atoms with Crippen LogP contribution in [0.15, 0.2) is 4.99 Å². The minimum atomic E-state index is -4.12. The summed E-state index contributed by atoms with van der Waals surface area (Å²) in [6, 6.07) is -0.485. The second-order valence-electron chi connectivity index (χ2n) is 5.94. The Labute approximate surface area is 161 Å². The van der Waals surface area contributed by atoms with E-state index in [1.807, 2.05) is 0 Å². The molecule has 1 saturated heterocycles. The Morgan fingerprint density at radius 3 is 2.40 bits per heavy atom. The molecule has 3 N–H and O–H groups in total. The van der Waals surface area contributed by atoms with E-state index < -0.39 is 18.1 Å². The molecule has 0 atom stereocenters. The number of guanidine groups is 1. The van der Waals surface area contributed by atoms with E-state index in [1.54, 1.807) is 7.05 Å². The topological polar surface area (TPSA) is 85.8 Å². The Bertz CT molecular complexity index is 491. The fraction of sp³-hybridized carbons (Fsp3) is 0.786. The van der Waals surface area contributed by atoms with Gasteiger partial charge in [0.15, 0.2) is 5.96 Å². The maximum absolute atomic E-state index is 12.7. The highest BCUT2D eigenvalue weighted by molar-refractivity contribution is 14.0. The van der Waals surface area contributed by atoms with Crippen LogP contribution in [0.1, 0.15) is 25.7 Å². The molecule has 1 aliphatic heterocycles. The van der Waals surface area contributed by atoms with Crippen LogP contribution in [0.2, 0.25) is 0 Å². The molecule has 0 unspecified atom stereocenters. The third-order valence-corrected chi connectivity index (χ3v) is 4.32. The van der Waals surface area contributed by atoms with Gasteiger partial charge in [0, 0.05) is 26.2 Å². The first-order valence-electron chi connectivity index (χ1n) is 7.93. The maximum atomic E-state index is 12.7. The van der Waals surface area contributed by atoms with Crippen LogP contribution < -0.4 is 16.0 Å². The number of alkyl halides is 3. The zero-order valence-corrected chi connectivity index (χ0v) is 16.2. The lowest BCUT2D eigenvalue weighted by Gasteiger charge is -2.31. The van der Waals surface area contributed by atoms with Gasteiger partial charge in [-0.25, -0.2) is 4.79 Å². The predicted molar refractivity (Wildman–Crippen MR) is 96.8 cm³/mol. The van der Waals surface area contributed by atoms with Crippen LogP contribution in [0, 0.1) is 5.92 Å². The Morgan fingerprint density at radius 2 is 1.92 bits per heavy atom. The zero-order valence-electron chi connectivity index (χ0n) is 13.9. The van der Waals surface area contributed by atoms with Crippen molar-refractivity contribution in [3.05, 3.63) is 0 Å². The fourth-order valence-corrected chi connectivity index (χ4v) is 2.92. The van der Waals surface area contributed by atoms with Crippen LogP contribution in [0.5, 0.6) is 0 Å². The number of amides is 3. The summed E-state index contributed by atoms with van der Waals surface area (Å²) < 4.78 is 38.0. The molecule has 1 aliphatic carbocycles. The molecule has 3 amide bonds. The summed E-state index contributed by atoms with van der Waals surface area (Å²) >= 11 is 0. The first-order valence-corrected chi connectivity index (χ1v) is 7.93. The lowest BCUT2D eigenvalue weighted by atomic mass is 9.85. The highest BCUT2D eigenvalue weighted by Gasteiger charge is 2.41. The number of carbonyl (C=O) groups is 2. The van der Waals surface area contributed by atoms with E-state index in [1.165, 1.54) is 0 Å². The number of carbonyl (C=O) groups excluding carboxylic acids is 2. The number of halogens is 4. The summed E-state index contributed by atoms with van der Waals surface area (Å²) in [6.07, 6.45) is -3.04. The highest BCUT2D eigenvalue weighted by Crippen LogP contribution is 2.37. The predicted octanol–water partition coefficient (Wildman–Crippen LogP) is 1.44. The van der Waals surface area contributed by atoms with Crippen LogP contribution in [0.25, 0.3) is 0 Å². The van der Waals surface area contributed by atoms with E-state index in [-0.39, 0.29) is 61.9 Å². The molecule has 0 aromatic heterocycles. The second kappa shape index (κ2) is 9.43. The lowest BCUT2D eigenvalue weighted by Crippen LogP contribution is -2.48. The van der Waals surface area contributed by atoms with Gasteiger partial charge in [-0.15, -0.1) is 24.0 Å². The summed E-state index contributed by atoms with van der Waals surface area (Å²) in [7, 11) is 1.56. The quantitative estimate of drug-likeness (QED) is 0.248. The van der Waals surface area contributed by atoms with Gasteiger partial charge in [-0.1, -0.05) is 0 Å². The Kier molecular flexibility index (Phi) is 8.22. The molecule has 2 fully saturated rings. The second-order valence-corrected chi connectivity index (χ2v) is 5.94. The summed E-state index contributed by atoms with van der Waals surface area (Å²) in [6.45, 7) is 0.525.